The number of aromatic nitrogens is 3. The molecule has 96 valence electrons. The molecule has 17 heavy (non-hydrogen) atoms. The molecule has 1 aliphatic rings. The summed E-state index contributed by atoms with van der Waals surface area (Å²) in [5.41, 5.74) is 0. The van der Waals surface area contributed by atoms with Crippen molar-refractivity contribution < 1.29 is 5.11 Å². The second-order valence-electron chi connectivity index (χ2n) is 5.35. The fourth-order valence-electron chi connectivity index (χ4n) is 2.80. The summed E-state index contributed by atoms with van der Waals surface area (Å²) in [4.78, 5) is 4.26. The van der Waals surface area contributed by atoms with Crippen molar-refractivity contribution in [3.63, 3.8) is 0 Å². The van der Waals surface area contributed by atoms with Gasteiger partial charge in [-0.25, -0.2) is 4.98 Å². The fraction of sp³-hybridized carbons (Fsp3) is 0.846. The minimum atomic E-state index is -0.250. The molecule has 1 saturated carbocycles. The summed E-state index contributed by atoms with van der Waals surface area (Å²) in [7, 11) is 0. The molecule has 3 unspecified atom stereocenters. The first kappa shape index (κ1) is 12.6. The number of hydrogen-bond donors (Lipinski definition) is 1. The third kappa shape index (κ3) is 3.06. The van der Waals surface area contributed by atoms with Crippen LogP contribution in [0.2, 0.25) is 0 Å². The predicted molar refractivity (Wildman–Crippen MR) is 66.5 cm³/mol. The lowest BCUT2D eigenvalue weighted by atomic mass is 9.97. The van der Waals surface area contributed by atoms with Crippen molar-refractivity contribution in [1.82, 2.24) is 14.8 Å². The quantitative estimate of drug-likeness (QED) is 0.852. The molecular formula is C13H23N3O. The summed E-state index contributed by atoms with van der Waals surface area (Å²) >= 11 is 0. The molecule has 0 aliphatic heterocycles. The van der Waals surface area contributed by atoms with Gasteiger partial charge >= 0.3 is 0 Å². The van der Waals surface area contributed by atoms with Gasteiger partial charge in [0.1, 0.15) is 12.2 Å². The number of rotatable bonds is 5. The number of nitrogens with zero attached hydrogens (tertiary/aromatic N) is 3. The molecule has 1 heterocycles. The highest BCUT2D eigenvalue weighted by atomic mass is 16.3. The minimum absolute atomic E-state index is 0.250. The molecule has 0 aromatic carbocycles. The Bertz CT molecular complexity index is 350. The van der Waals surface area contributed by atoms with E-state index in [-0.39, 0.29) is 6.10 Å². The summed E-state index contributed by atoms with van der Waals surface area (Å²) in [6, 6.07) is 0. The van der Waals surface area contributed by atoms with E-state index in [9.17, 15) is 5.11 Å². The molecule has 2 rings (SSSR count). The minimum Gasteiger partial charge on any atom is -0.392 e. The van der Waals surface area contributed by atoms with Gasteiger partial charge < -0.3 is 5.11 Å². The van der Waals surface area contributed by atoms with E-state index in [1.54, 1.807) is 6.33 Å². The summed E-state index contributed by atoms with van der Waals surface area (Å²) < 4.78 is 1.92. The van der Waals surface area contributed by atoms with Crippen molar-refractivity contribution in [2.75, 3.05) is 0 Å². The SMILES string of the molecule is CCCn1ncnc1CC(O)C1CCC(C)C1. The highest BCUT2D eigenvalue weighted by Gasteiger charge is 2.28. The van der Waals surface area contributed by atoms with Crippen LogP contribution in [0.5, 0.6) is 0 Å². The first-order valence-electron chi connectivity index (χ1n) is 6.75. The maximum absolute atomic E-state index is 10.3. The van der Waals surface area contributed by atoms with Gasteiger partial charge in [-0.1, -0.05) is 20.3 Å². The van der Waals surface area contributed by atoms with Gasteiger partial charge in [-0.15, -0.1) is 0 Å². The van der Waals surface area contributed by atoms with E-state index in [4.69, 9.17) is 0 Å². The smallest absolute Gasteiger partial charge is 0.138 e. The third-order valence-corrected chi connectivity index (χ3v) is 3.80. The molecule has 1 fully saturated rings. The lowest BCUT2D eigenvalue weighted by Crippen LogP contribution is -2.23. The number of aliphatic hydroxyl groups excluding tert-OH is 1. The normalized spacial score (nSPS) is 26.3. The Morgan fingerprint density at radius 3 is 3.00 bits per heavy atom. The molecule has 0 spiro atoms. The van der Waals surface area contributed by atoms with Crippen LogP contribution < -0.4 is 0 Å². The third-order valence-electron chi connectivity index (χ3n) is 3.80. The first-order valence-corrected chi connectivity index (χ1v) is 6.75. The molecule has 3 atom stereocenters. The van der Waals surface area contributed by atoms with Crippen molar-refractivity contribution in [3.05, 3.63) is 12.2 Å². The summed E-state index contributed by atoms with van der Waals surface area (Å²) in [5.74, 6) is 2.15. The topological polar surface area (TPSA) is 50.9 Å². The van der Waals surface area contributed by atoms with Crippen LogP contribution in [-0.2, 0) is 13.0 Å². The molecular weight excluding hydrogens is 214 g/mol. The van der Waals surface area contributed by atoms with Crippen LogP contribution in [0.3, 0.4) is 0 Å². The van der Waals surface area contributed by atoms with Crippen molar-refractivity contribution in [2.24, 2.45) is 11.8 Å². The standard InChI is InChI=1S/C13H23N3O/c1-3-6-16-13(14-9-15-16)8-12(17)11-5-4-10(2)7-11/h9-12,17H,3-8H2,1-2H3. The van der Waals surface area contributed by atoms with E-state index in [0.717, 1.165) is 37.5 Å². The van der Waals surface area contributed by atoms with Crippen molar-refractivity contribution in [1.29, 1.82) is 0 Å². The van der Waals surface area contributed by atoms with Crippen LogP contribution in [0, 0.1) is 11.8 Å². The largest absolute Gasteiger partial charge is 0.392 e. The molecule has 1 aromatic rings. The predicted octanol–water partition coefficient (Wildman–Crippen LogP) is 2.03. The monoisotopic (exact) mass is 237 g/mol. The lowest BCUT2D eigenvalue weighted by molar-refractivity contribution is 0.106. The first-order chi connectivity index (χ1) is 8.20. The summed E-state index contributed by atoms with van der Waals surface area (Å²) in [6.07, 6.45) is 6.61. The highest BCUT2D eigenvalue weighted by molar-refractivity contribution is 4.91. The lowest BCUT2D eigenvalue weighted by Gasteiger charge is -2.17. The molecule has 0 radical (unpaired) electrons. The maximum atomic E-state index is 10.3. The van der Waals surface area contributed by atoms with Crippen molar-refractivity contribution in [3.8, 4) is 0 Å². The van der Waals surface area contributed by atoms with E-state index < -0.39 is 0 Å². The van der Waals surface area contributed by atoms with Gasteiger partial charge in [0.2, 0.25) is 0 Å². The molecule has 0 saturated heterocycles. The van der Waals surface area contributed by atoms with Gasteiger partial charge in [-0.3, -0.25) is 4.68 Å². The van der Waals surface area contributed by atoms with E-state index >= 15 is 0 Å². The Morgan fingerprint density at radius 1 is 1.53 bits per heavy atom. The summed E-state index contributed by atoms with van der Waals surface area (Å²) in [5, 5.41) is 14.4. The molecule has 4 nitrogen and oxygen atoms in total. The maximum Gasteiger partial charge on any atom is 0.138 e. The van der Waals surface area contributed by atoms with Crippen LogP contribution in [0.15, 0.2) is 6.33 Å². The average Bonchev–Trinajstić information content (AvgIpc) is 2.89. The fourth-order valence-corrected chi connectivity index (χ4v) is 2.80. The van der Waals surface area contributed by atoms with Gasteiger partial charge in [-0.2, -0.15) is 5.10 Å². The van der Waals surface area contributed by atoms with Crippen LogP contribution in [0.4, 0.5) is 0 Å². The van der Waals surface area contributed by atoms with Crippen LogP contribution in [0.1, 0.15) is 45.4 Å². The Hall–Kier alpha value is -0.900. The van der Waals surface area contributed by atoms with Gasteiger partial charge in [0.25, 0.3) is 0 Å². The second kappa shape index (κ2) is 5.63. The second-order valence-corrected chi connectivity index (χ2v) is 5.35. The molecule has 0 bridgehead atoms. The molecule has 1 aromatic heterocycles. The van der Waals surface area contributed by atoms with E-state index in [2.05, 4.69) is 23.9 Å². The highest BCUT2D eigenvalue weighted by Crippen LogP contribution is 2.33. The average molecular weight is 237 g/mol. The van der Waals surface area contributed by atoms with E-state index in [1.165, 1.54) is 6.42 Å². The Balaban J connectivity index is 1.93. The van der Waals surface area contributed by atoms with Crippen molar-refractivity contribution in [2.45, 2.75) is 58.6 Å². The van der Waals surface area contributed by atoms with Crippen LogP contribution >= 0.6 is 0 Å². The Morgan fingerprint density at radius 2 is 2.35 bits per heavy atom. The van der Waals surface area contributed by atoms with Gasteiger partial charge in [-0.05, 0) is 31.1 Å². The van der Waals surface area contributed by atoms with Gasteiger partial charge in [0.05, 0.1) is 6.10 Å². The molecule has 4 heteroatoms. The molecule has 1 N–H and O–H groups in total. The molecule has 0 amide bonds. The van der Waals surface area contributed by atoms with Gasteiger partial charge in [0.15, 0.2) is 0 Å². The van der Waals surface area contributed by atoms with Crippen LogP contribution in [0.25, 0.3) is 0 Å². The summed E-state index contributed by atoms with van der Waals surface area (Å²) in [6.45, 7) is 5.29. The molecule has 1 aliphatic carbocycles. The van der Waals surface area contributed by atoms with E-state index in [0.29, 0.717) is 12.3 Å². The zero-order valence-corrected chi connectivity index (χ0v) is 10.8. The Labute approximate surface area is 103 Å². The van der Waals surface area contributed by atoms with Crippen molar-refractivity contribution >= 4 is 0 Å². The van der Waals surface area contributed by atoms with E-state index in [1.807, 2.05) is 4.68 Å². The number of aliphatic hydroxyl groups is 1. The zero-order valence-electron chi connectivity index (χ0n) is 10.8. The van der Waals surface area contributed by atoms with Crippen LogP contribution in [-0.4, -0.2) is 26.0 Å². The number of hydrogen-bond acceptors (Lipinski definition) is 3. The zero-order chi connectivity index (χ0) is 12.3. The Kier molecular flexibility index (Phi) is 4.15. The van der Waals surface area contributed by atoms with Gasteiger partial charge in [0, 0.05) is 13.0 Å². The number of aryl methyl sites for hydroxylation is 1.